The zero-order valence-corrected chi connectivity index (χ0v) is 10.5. The first-order valence-corrected chi connectivity index (χ1v) is 5.61. The SMILES string of the molecule is COC(=O)c1ccc(N(CCO)CC(F)F)c(N)c1. The number of nitrogens with zero attached hydrogens (tertiary/aromatic N) is 1. The molecule has 0 aliphatic heterocycles. The van der Waals surface area contributed by atoms with Gasteiger partial charge in [-0.2, -0.15) is 0 Å². The van der Waals surface area contributed by atoms with Crippen LogP contribution in [0.3, 0.4) is 0 Å². The van der Waals surface area contributed by atoms with Crippen LogP contribution in [0.25, 0.3) is 0 Å². The molecule has 0 aliphatic carbocycles. The molecule has 0 atom stereocenters. The molecule has 0 aromatic heterocycles. The Labute approximate surface area is 109 Å². The molecule has 1 rings (SSSR count). The van der Waals surface area contributed by atoms with Crippen molar-refractivity contribution in [2.45, 2.75) is 6.43 Å². The average molecular weight is 274 g/mol. The third-order valence-electron chi connectivity index (χ3n) is 2.52. The predicted molar refractivity (Wildman–Crippen MR) is 67.5 cm³/mol. The van der Waals surface area contributed by atoms with Crippen molar-refractivity contribution in [2.75, 3.05) is 37.4 Å². The molecule has 1 aromatic rings. The van der Waals surface area contributed by atoms with Gasteiger partial charge in [0.25, 0.3) is 6.43 Å². The number of esters is 1. The highest BCUT2D eigenvalue weighted by Crippen LogP contribution is 2.25. The van der Waals surface area contributed by atoms with Crippen LogP contribution in [0.4, 0.5) is 20.2 Å². The fourth-order valence-electron chi connectivity index (χ4n) is 1.68. The summed E-state index contributed by atoms with van der Waals surface area (Å²) in [5.74, 6) is -0.555. The van der Waals surface area contributed by atoms with Crippen molar-refractivity contribution in [1.82, 2.24) is 0 Å². The molecule has 106 valence electrons. The Morgan fingerprint density at radius 2 is 2.21 bits per heavy atom. The van der Waals surface area contributed by atoms with Gasteiger partial charge >= 0.3 is 5.97 Å². The van der Waals surface area contributed by atoms with Crippen molar-refractivity contribution >= 4 is 17.3 Å². The quantitative estimate of drug-likeness (QED) is 0.600. The lowest BCUT2D eigenvalue weighted by Gasteiger charge is -2.25. The Morgan fingerprint density at radius 3 is 2.68 bits per heavy atom. The topological polar surface area (TPSA) is 75.8 Å². The van der Waals surface area contributed by atoms with Gasteiger partial charge in [0.2, 0.25) is 0 Å². The van der Waals surface area contributed by atoms with Crippen LogP contribution in [0.2, 0.25) is 0 Å². The van der Waals surface area contributed by atoms with Gasteiger partial charge in [-0.15, -0.1) is 0 Å². The van der Waals surface area contributed by atoms with E-state index in [9.17, 15) is 13.6 Å². The number of alkyl halides is 2. The molecular formula is C12H16F2N2O3. The molecule has 3 N–H and O–H groups in total. The summed E-state index contributed by atoms with van der Waals surface area (Å²) in [5, 5.41) is 8.88. The smallest absolute Gasteiger partial charge is 0.337 e. The number of rotatable bonds is 6. The van der Waals surface area contributed by atoms with Crippen molar-refractivity contribution in [3.05, 3.63) is 23.8 Å². The molecule has 19 heavy (non-hydrogen) atoms. The minimum atomic E-state index is -2.55. The van der Waals surface area contributed by atoms with E-state index in [-0.39, 0.29) is 24.4 Å². The van der Waals surface area contributed by atoms with Crippen molar-refractivity contribution < 1.29 is 23.4 Å². The Kier molecular flexibility index (Phi) is 5.50. The summed E-state index contributed by atoms with van der Waals surface area (Å²) in [5.41, 5.74) is 6.51. The Hall–Kier alpha value is -1.89. The number of carbonyl (C=O) groups excluding carboxylic acids is 1. The van der Waals surface area contributed by atoms with Crippen LogP contribution in [0.1, 0.15) is 10.4 Å². The molecule has 0 saturated carbocycles. The van der Waals surface area contributed by atoms with Crippen LogP contribution in [0.15, 0.2) is 18.2 Å². The van der Waals surface area contributed by atoms with E-state index < -0.39 is 18.9 Å². The Bertz CT molecular complexity index is 441. The molecular weight excluding hydrogens is 258 g/mol. The minimum Gasteiger partial charge on any atom is -0.465 e. The predicted octanol–water partition coefficient (Wildman–Crippen LogP) is 1.12. The van der Waals surface area contributed by atoms with Crippen LogP contribution >= 0.6 is 0 Å². The molecule has 0 amide bonds. The van der Waals surface area contributed by atoms with E-state index in [1.807, 2.05) is 0 Å². The lowest BCUT2D eigenvalue weighted by atomic mass is 10.1. The number of nitrogen functional groups attached to an aromatic ring is 1. The number of carbonyl (C=O) groups is 1. The van der Waals surface area contributed by atoms with Gasteiger partial charge in [0.15, 0.2) is 0 Å². The second-order valence-electron chi connectivity index (χ2n) is 3.83. The lowest BCUT2D eigenvalue weighted by molar-refractivity contribution is 0.0600. The standard InChI is InChI=1S/C12H16F2N2O3/c1-19-12(18)8-2-3-10(9(15)6-8)16(4-5-17)7-11(13)14/h2-3,6,11,17H,4-5,7,15H2,1H3. The summed E-state index contributed by atoms with van der Waals surface area (Å²) in [4.78, 5) is 12.6. The Balaban J connectivity index is 3.00. The summed E-state index contributed by atoms with van der Waals surface area (Å²) < 4.78 is 29.4. The first kappa shape index (κ1) is 15.2. The van der Waals surface area contributed by atoms with Gasteiger partial charge < -0.3 is 20.5 Å². The zero-order valence-electron chi connectivity index (χ0n) is 10.5. The molecule has 0 radical (unpaired) electrons. The number of halogens is 2. The monoisotopic (exact) mass is 274 g/mol. The molecule has 0 spiro atoms. The molecule has 7 heteroatoms. The number of anilines is 2. The van der Waals surface area contributed by atoms with Crippen LogP contribution in [-0.4, -0.2) is 44.3 Å². The molecule has 0 saturated heterocycles. The maximum Gasteiger partial charge on any atom is 0.337 e. The zero-order chi connectivity index (χ0) is 14.4. The highest BCUT2D eigenvalue weighted by atomic mass is 19.3. The van der Waals surface area contributed by atoms with Crippen LogP contribution in [-0.2, 0) is 4.74 Å². The van der Waals surface area contributed by atoms with Crippen LogP contribution < -0.4 is 10.6 Å². The number of hydrogen-bond donors (Lipinski definition) is 2. The highest BCUT2D eigenvalue weighted by Gasteiger charge is 2.16. The number of ether oxygens (including phenoxy) is 1. The first-order valence-electron chi connectivity index (χ1n) is 5.61. The van der Waals surface area contributed by atoms with Gasteiger partial charge in [-0.25, -0.2) is 13.6 Å². The number of benzene rings is 1. The largest absolute Gasteiger partial charge is 0.465 e. The van der Waals surface area contributed by atoms with E-state index >= 15 is 0 Å². The fourth-order valence-corrected chi connectivity index (χ4v) is 1.68. The second kappa shape index (κ2) is 6.89. The van der Waals surface area contributed by atoms with Crippen molar-refractivity contribution in [1.29, 1.82) is 0 Å². The van der Waals surface area contributed by atoms with E-state index in [0.29, 0.717) is 5.69 Å². The molecule has 0 heterocycles. The van der Waals surface area contributed by atoms with E-state index in [0.717, 1.165) is 0 Å². The molecule has 0 unspecified atom stereocenters. The Morgan fingerprint density at radius 1 is 1.53 bits per heavy atom. The minimum absolute atomic E-state index is 0.0338. The van der Waals surface area contributed by atoms with Crippen molar-refractivity contribution in [3.63, 3.8) is 0 Å². The fraction of sp³-hybridized carbons (Fsp3) is 0.417. The van der Waals surface area contributed by atoms with Crippen LogP contribution in [0.5, 0.6) is 0 Å². The van der Waals surface area contributed by atoms with E-state index in [1.54, 1.807) is 0 Å². The molecule has 0 fully saturated rings. The van der Waals surface area contributed by atoms with E-state index in [4.69, 9.17) is 10.8 Å². The number of hydrogen-bond acceptors (Lipinski definition) is 5. The summed E-state index contributed by atoms with van der Waals surface area (Å²) in [6, 6.07) is 4.25. The summed E-state index contributed by atoms with van der Waals surface area (Å²) in [6.07, 6.45) is -2.55. The third-order valence-corrected chi connectivity index (χ3v) is 2.52. The summed E-state index contributed by atoms with van der Waals surface area (Å²) >= 11 is 0. The van der Waals surface area contributed by atoms with Crippen LogP contribution in [0, 0.1) is 0 Å². The van der Waals surface area contributed by atoms with E-state index in [2.05, 4.69) is 4.74 Å². The number of aliphatic hydroxyl groups is 1. The number of methoxy groups -OCH3 is 1. The highest BCUT2D eigenvalue weighted by molar-refractivity contribution is 5.91. The normalized spacial score (nSPS) is 10.6. The number of nitrogens with two attached hydrogens (primary N) is 1. The van der Waals surface area contributed by atoms with Gasteiger partial charge in [0.05, 0.1) is 37.2 Å². The van der Waals surface area contributed by atoms with Gasteiger partial charge in [-0.3, -0.25) is 0 Å². The summed E-state index contributed by atoms with van der Waals surface area (Å²) in [7, 11) is 1.24. The second-order valence-corrected chi connectivity index (χ2v) is 3.83. The van der Waals surface area contributed by atoms with Gasteiger partial charge in [-0.05, 0) is 18.2 Å². The van der Waals surface area contributed by atoms with Crippen molar-refractivity contribution in [2.24, 2.45) is 0 Å². The van der Waals surface area contributed by atoms with Gasteiger partial charge in [0, 0.05) is 6.54 Å². The van der Waals surface area contributed by atoms with Crippen molar-refractivity contribution in [3.8, 4) is 0 Å². The van der Waals surface area contributed by atoms with E-state index in [1.165, 1.54) is 30.2 Å². The average Bonchev–Trinajstić information content (AvgIpc) is 2.36. The molecule has 5 nitrogen and oxygen atoms in total. The van der Waals surface area contributed by atoms with Gasteiger partial charge in [0.1, 0.15) is 0 Å². The molecule has 0 aliphatic rings. The molecule has 0 bridgehead atoms. The maximum atomic E-state index is 12.4. The first-order chi connectivity index (χ1) is 8.99. The molecule has 1 aromatic carbocycles. The summed E-state index contributed by atoms with van der Waals surface area (Å²) in [6.45, 7) is -0.778. The van der Waals surface area contributed by atoms with Gasteiger partial charge in [-0.1, -0.05) is 0 Å². The lowest BCUT2D eigenvalue weighted by Crippen LogP contribution is -2.32. The number of aliphatic hydroxyl groups excluding tert-OH is 1. The third kappa shape index (κ3) is 4.06. The maximum absolute atomic E-state index is 12.4.